The van der Waals surface area contributed by atoms with E-state index in [1.807, 2.05) is 6.07 Å². The van der Waals surface area contributed by atoms with Gasteiger partial charge in [0.2, 0.25) is 0 Å². The third-order valence-electron chi connectivity index (χ3n) is 5.31. The quantitative estimate of drug-likeness (QED) is 0.512. The van der Waals surface area contributed by atoms with Gasteiger partial charge in [-0.2, -0.15) is 0 Å². The Kier molecular flexibility index (Phi) is 6.83. The molecule has 31 heavy (non-hydrogen) atoms. The molecule has 0 saturated carbocycles. The highest BCUT2D eigenvalue weighted by atomic mass is 32.2. The molecule has 0 bridgehead atoms. The minimum absolute atomic E-state index is 0.0816. The number of hydrogen-bond donors (Lipinski definition) is 0. The fraction of sp³-hybridized carbons (Fsp3) is 0.591. The van der Waals surface area contributed by atoms with Crippen LogP contribution in [0.15, 0.2) is 27.8 Å². The van der Waals surface area contributed by atoms with Crippen LogP contribution >= 0.6 is 11.8 Å². The van der Waals surface area contributed by atoms with Crippen molar-refractivity contribution in [2.24, 2.45) is 0 Å². The number of furan rings is 1. The van der Waals surface area contributed by atoms with Gasteiger partial charge >= 0.3 is 0 Å². The molecule has 0 radical (unpaired) electrons. The number of aromatic nitrogens is 2. The molecular weight excluding hydrogens is 416 g/mol. The first-order valence-electron chi connectivity index (χ1n) is 10.7. The Morgan fingerprint density at radius 3 is 2.39 bits per heavy atom. The van der Waals surface area contributed by atoms with E-state index < -0.39 is 0 Å². The fourth-order valence-electron chi connectivity index (χ4n) is 3.44. The van der Waals surface area contributed by atoms with Crippen LogP contribution in [0.2, 0.25) is 0 Å². The summed E-state index contributed by atoms with van der Waals surface area (Å²) < 4.78 is 16.6. The van der Waals surface area contributed by atoms with Gasteiger partial charge in [0.25, 0.3) is 5.91 Å². The molecule has 2 aliphatic rings. The van der Waals surface area contributed by atoms with Crippen LogP contribution in [0.1, 0.15) is 42.8 Å². The number of carbonyl (C=O) groups excluding carboxylic acids is 1. The number of morpholine rings is 2. The number of amides is 1. The molecule has 0 unspecified atom stereocenters. The third kappa shape index (κ3) is 5.58. The summed E-state index contributed by atoms with van der Waals surface area (Å²) in [5, 5.41) is 0.714. The summed E-state index contributed by atoms with van der Waals surface area (Å²) in [6, 6.07) is 5.69. The Bertz CT molecular complexity index is 899. The first kappa shape index (κ1) is 22.1. The van der Waals surface area contributed by atoms with Crippen molar-refractivity contribution >= 4 is 23.5 Å². The van der Waals surface area contributed by atoms with Crippen LogP contribution in [0.3, 0.4) is 0 Å². The first-order valence-corrected chi connectivity index (χ1v) is 11.7. The van der Waals surface area contributed by atoms with Crippen molar-refractivity contribution in [3.8, 4) is 0 Å². The molecule has 2 aliphatic heterocycles. The van der Waals surface area contributed by atoms with Gasteiger partial charge in [-0.3, -0.25) is 4.79 Å². The minimum Gasteiger partial charge on any atom is -0.455 e. The van der Waals surface area contributed by atoms with Gasteiger partial charge in [0.15, 0.2) is 10.9 Å². The van der Waals surface area contributed by atoms with Gasteiger partial charge in [0.05, 0.1) is 37.9 Å². The summed E-state index contributed by atoms with van der Waals surface area (Å²) in [6.45, 7) is 11.9. The molecular formula is C22H30N4O4S. The lowest BCUT2D eigenvalue weighted by Gasteiger charge is -2.29. The molecule has 2 aromatic rings. The maximum atomic E-state index is 12.6. The van der Waals surface area contributed by atoms with E-state index >= 15 is 0 Å². The third-order valence-corrected chi connectivity index (χ3v) is 6.18. The van der Waals surface area contributed by atoms with E-state index in [9.17, 15) is 4.79 Å². The van der Waals surface area contributed by atoms with E-state index in [4.69, 9.17) is 23.9 Å². The second-order valence-corrected chi connectivity index (χ2v) is 9.65. The molecule has 4 rings (SSSR count). The fourth-order valence-corrected chi connectivity index (χ4v) is 4.19. The number of nitrogens with zero attached hydrogens (tertiary/aromatic N) is 4. The Hall–Kier alpha value is -2.10. The lowest BCUT2D eigenvalue weighted by molar-refractivity contribution is 0.0282. The lowest BCUT2D eigenvalue weighted by atomic mass is 9.92. The van der Waals surface area contributed by atoms with E-state index in [1.165, 1.54) is 11.8 Å². The Morgan fingerprint density at radius 1 is 1.03 bits per heavy atom. The summed E-state index contributed by atoms with van der Waals surface area (Å²) in [7, 11) is 0. The average molecular weight is 447 g/mol. The zero-order valence-electron chi connectivity index (χ0n) is 18.4. The molecule has 4 heterocycles. The topological polar surface area (TPSA) is 80.9 Å². The molecule has 8 nitrogen and oxygen atoms in total. The number of anilines is 1. The number of carbonyl (C=O) groups is 1. The molecule has 2 aromatic heterocycles. The molecule has 2 fully saturated rings. The highest BCUT2D eigenvalue weighted by Crippen LogP contribution is 2.29. The van der Waals surface area contributed by atoms with Crippen LogP contribution in [0.5, 0.6) is 0 Å². The minimum atomic E-state index is -0.0832. The van der Waals surface area contributed by atoms with E-state index in [0.29, 0.717) is 56.2 Å². The molecule has 9 heteroatoms. The van der Waals surface area contributed by atoms with Crippen LogP contribution in [0, 0.1) is 0 Å². The van der Waals surface area contributed by atoms with Gasteiger partial charge in [-0.1, -0.05) is 32.5 Å². The van der Waals surface area contributed by atoms with Crippen molar-refractivity contribution in [2.45, 2.75) is 37.1 Å². The normalized spacial score (nSPS) is 17.8. The van der Waals surface area contributed by atoms with Crippen molar-refractivity contribution in [1.29, 1.82) is 0 Å². The van der Waals surface area contributed by atoms with Crippen molar-refractivity contribution in [2.75, 3.05) is 57.5 Å². The van der Waals surface area contributed by atoms with Crippen molar-refractivity contribution in [1.82, 2.24) is 14.9 Å². The molecule has 0 N–H and O–H groups in total. The van der Waals surface area contributed by atoms with Gasteiger partial charge in [-0.15, -0.1) is 0 Å². The Balaban J connectivity index is 1.46. The zero-order chi connectivity index (χ0) is 21.8. The van der Waals surface area contributed by atoms with Gasteiger partial charge in [-0.05, 0) is 12.1 Å². The van der Waals surface area contributed by atoms with E-state index in [1.54, 1.807) is 11.0 Å². The van der Waals surface area contributed by atoms with E-state index in [2.05, 4.69) is 31.7 Å². The summed E-state index contributed by atoms with van der Waals surface area (Å²) in [4.78, 5) is 26.2. The molecule has 168 valence electrons. The SMILES string of the molecule is CC(C)(C)c1cc(N2CCOCC2)nc(SCc2ccc(C(=O)N3CCOCC3)o2)n1. The van der Waals surface area contributed by atoms with E-state index in [0.717, 1.165) is 30.4 Å². The van der Waals surface area contributed by atoms with E-state index in [-0.39, 0.29) is 11.3 Å². The summed E-state index contributed by atoms with van der Waals surface area (Å²) in [6.07, 6.45) is 0. The lowest BCUT2D eigenvalue weighted by Crippen LogP contribution is -2.40. The predicted molar refractivity (Wildman–Crippen MR) is 119 cm³/mol. The number of rotatable bonds is 5. The van der Waals surface area contributed by atoms with Crippen LogP contribution in [0.25, 0.3) is 0 Å². The molecule has 0 spiro atoms. The maximum Gasteiger partial charge on any atom is 0.289 e. The van der Waals surface area contributed by atoms with Gasteiger partial charge in [0.1, 0.15) is 11.6 Å². The summed E-state index contributed by atoms with van der Waals surface area (Å²) in [5.41, 5.74) is 0.927. The Labute approximate surface area is 187 Å². The monoisotopic (exact) mass is 446 g/mol. The van der Waals surface area contributed by atoms with Crippen LogP contribution in [0.4, 0.5) is 5.82 Å². The zero-order valence-corrected chi connectivity index (χ0v) is 19.2. The van der Waals surface area contributed by atoms with Crippen LogP contribution in [-0.2, 0) is 20.6 Å². The van der Waals surface area contributed by atoms with Crippen molar-refractivity contribution in [3.63, 3.8) is 0 Å². The highest BCUT2D eigenvalue weighted by Gasteiger charge is 2.23. The van der Waals surface area contributed by atoms with Gasteiger partial charge in [0, 0.05) is 37.7 Å². The smallest absolute Gasteiger partial charge is 0.289 e. The molecule has 1 amide bonds. The molecule has 0 aliphatic carbocycles. The maximum absolute atomic E-state index is 12.6. The summed E-state index contributed by atoms with van der Waals surface area (Å²) >= 11 is 1.52. The number of ether oxygens (including phenoxy) is 2. The highest BCUT2D eigenvalue weighted by molar-refractivity contribution is 7.98. The molecule has 0 aromatic carbocycles. The van der Waals surface area contributed by atoms with Crippen molar-refractivity contribution < 1.29 is 18.7 Å². The largest absolute Gasteiger partial charge is 0.455 e. The van der Waals surface area contributed by atoms with Crippen LogP contribution in [-0.4, -0.2) is 73.4 Å². The number of thioether (sulfide) groups is 1. The van der Waals surface area contributed by atoms with Gasteiger partial charge in [-0.25, -0.2) is 9.97 Å². The molecule has 2 saturated heterocycles. The number of hydrogen-bond acceptors (Lipinski definition) is 8. The standard InChI is InChI=1S/C22H30N4O4S/c1-22(2,3)18-14-19(25-6-10-28-11-7-25)24-21(23-18)31-15-16-4-5-17(30-16)20(27)26-8-12-29-13-9-26/h4-5,14H,6-13,15H2,1-3H3. The summed E-state index contributed by atoms with van der Waals surface area (Å²) in [5.74, 6) is 2.52. The second-order valence-electron chi connectivity index (χ2n) is 8.70. The van der Waals surface area contributed by atoms with Gasteiger partial charge < -0.3 is 23.7 Å². The molecule has 0 atom stereocenters. The van der Waals surface area contributed by atoms with Crippen molar-refractivity contribution in [3.05, 3.63) is 35.4 Å². The second kappa shape index (κ2) is 9.58. The first-order chi connectivity index (χ1) is 14.9. The average Bonchev–Trinajstić information content (AvgIpc) is 3.27. The Morgan fingerprint density at radius 2 is 1.71 bits per heavy atom. The predicted octanol–water partition coefficient (Wildman–Crippen LogP) is 2.97. The van der Waals surface area contributed by atoms with Crippen LogP contribution < -0.4 is 4.90 Å².